The molecule has 1 unspecified atom stereocenters. The molecule has 3 rings (SSSR count). The first-order valence-corrected chi connectivity index (χ1v) is 7.43. The lowest BCUT2D eigenvalue weighted by atomic mass is 10.1. The van der Waals surface area contributed by atoms with E-state index in [2.05, 4.69) is 15.2 Å². The summed E-state index contributed by atoms with van der Waals surface area (Å²) in [6, 6.07) is 5.79. The second kappa shape index (κ2) is 6.28. The van der Waals surface area contributed by atoms with Crippen molar-refractivity contribution in [2.75, 3.05) is 6.61 Å². The summed E-state index contributed by atoms with van der Waals surface area (Å²) >= 11 is 5.32. The molecule has 0 spiro atoms. The fourth-order valence-electron chi connectivity index (χ4n) is 2.52. The Morgan fingerprint density at radius 3 is 3.10 bits per heavy atom. The van der Waals surface area contributed by atoms with Crippen molar-refractivity contribution in [1.82, 2.24) is 19.7 Å². The summed E-state index contributed by atoms with van der Waals surface area (Å²) < 4.78 is 8.42. The van der Waals surface area contributed by atoms with Gasteiger partial charge >= 0.3 is 0 Å². The molecule has 0 saturated carbocycles. The van der Waals surface area contributed by atoms with Crippen LogP contribution in [0.5, 0.6) is 0 Å². The van der Waals surface area contributed by atoms with Gasteiger partial charge in [0, 0.05) is 19.3 Å². The van der Waals surface area contributed by atoms with Crippen molar-refractivity contribution in [3.05, 3.63) is 29.2 Å². The second-order valence-corrected chi connectivity index (χ2v) is 5.38. The molecule has 5 nitrogen and oxygen atoms in total. The molecule has 1 aliphatic heterocycles. The lowest BCUT2D eigenvalue weighted by Gasteiger charge is -2.22. The molecule has 1 N–H and O–H groups in total. The van der Waals surface area contributed by atoms with Gasteiger partial charge in [0.2, 0.25) is 0 Å². The predicted octanol–water partition coefficient (Wildman–Crippen LogP) is 2.96. The SMILES string of the molecule is S=c1[nH]nc(-c2ccccn2)n1CCC1CCCCO1. The maximum absolute atomic E-state index is 5.77. The third-order valence-corrected chi connectivity index (χ3v) is 3.91. The number of nitrogens with zero attached hydrogens (tertiary/aromatic N) is 3. The van der Waals surface area contributed by atoms with Crippen molar-refractivity contribution in [2.45, 2.75) is 38.3 Å². The number of hydrogen-bond acceptors (Lipinski definition) is 4. The van der Waals surface area contributed by atoms with Crippen LogP contribution in [-0.2, 0) is 11.3 Å². The minimum absolute atomic E-state index is 0.345. The topological polar surface area (TPSA) is 55.7 Å². The van der Waals surface area contributed by atoms with E-state index < -0.39 is 0 Å². The Balaban J connectivity index is 1.76. The van der Waals surface area contributed by atoms with Gasteiger partial charge in [0.05, 0.1) is 6.10 Å². The van der Waals surface area contributed by atoms with Crippen molar-refractivity contribution >= 4 is 12.2 Å². The molecular weight excluding hydrogens is 272 g/mol. The summed E-state index contributed by atoms with van der Waals surface area (Å²) in [4.78, 5) is 4.34. The van der Waals surface area contributed by atoms with Crippen LogP contribution in [0.1, 0.15) is 25.7 Å². The highest BCUT2D eigenvalue weighted by molar-refractivity contribution is 7.71. The Morgan fingerprint density at radius 1 is 1.40 bits per heavy atom. The number of aromatic nitrogens is 4. The molecule has 0 radical (unpaired) electrons. The molecule has 0 aromatic carbocycles. The molecule has 1 saturated heterocycles. The molecule has 1 fully saturated rings. The lowest BCUT2D eigenvalue weighted by molar-refractivity contribution is 0.00881. The zero-order chi connectivity index (χ0) is 13.8. The van der Waals surface area contributed by atoms with E-state index in [4.69, 9.17) is 17.0 Å². The monoisotopic (exact) mass is 290 g/mol. The number of rotatable bonds is 4. The van der Waals surface area contributed by atoms with Gasteiger partial charge < -0.3 is 4.74 Å². The van der Waals surface area contributed by atoms with Crippen LogP contribution in [0.15, 0.2) is 24.4 Å². The molecule has 0 amide bonds. The zero-order valence-electron chi connectivity index (χ0n) is 11.3. The van der Waals surface area contributed by atoms with Crippen molar-refractivity contribution in [1.29, 1.82) is 0 Å². The molecule has 20 heavy (non-hydrogen) atoms. The molecule has 1 atom stereocenters. The molecule has 3 heterocycles. The average molecular weight is 290 g/mol. The minimum Gasteiger partial charge on any atom is -0.378 e. The zero-order valence-corrected chi connectivity index (χ0v) is 12.1. The Morgan fingerprint density at radius 2 is 2.35 bits per heavy atom. The van der Waals surface area contributed by atoms with Gasteiger partial charge in [-0.1, -0.05) is 6.07 Å². The van der Waals surface area contributed by atoms with Gasteiger partial charge in [0.15, 0.2) is 10.6 Å². The summed E-state index contributed by atoms with van der Waals surface area (Å²) in [5, 5.41) is 7.15. The first kappa shape index (κ1) is 13.5. The van der Waals surface area contributed by atoms with Gasteiger partial charge in [-0.25, -0.2) is 0 Å². The Bertz CT molecular complexity index is 601. The van der Waals surface area contributed by atoms with Crippen LogP contribution in [0.4, 0.5) is 0 Å². The van der Waals surface area contributed by atoms with E-state index in [1.807, 2.05) is 22.8 Å². The Labute approximate surface area is 123 Å². The van der Waals surface area contributed by atoms with Crippen molar-refractivity contribution < 1.29 is 4.74 Å². The van der Waals surface area contributed by atoms with E-state index in [0.717, 1.165) is 37.5 Å². The summed E-state index contributed by atoms with van der Waals surface area (Å²) in [6.45, 7) is 1.69. The Kier molecular flexibility index (Phi) is 4.22. The van der Waals surface area contributed by atoms with E-state index in [1.54, 1.807) is 6.20 Å². The fraction of sp³-hybridized carbons (Fsp3) is 0.500. The third-order valence-electron chi connectivity index (χ3n) is 3.60. The van der Waals surface area contributed by atoms with Crippen LogP contribution >= 0.6 is 12.2 Å². The van der Waals surface area contributed by atoms with Crippen LogP contribution in [-0.4, -0.2) is 32.5 Å². The highest BCUT2D eigenvalue weighted by Crippen LogP contribution is 2.19. The number of H-pyrrole nitrogens is 1. The van der Waals surface area contributed by atoms with Crippen LogP contribution in [0.3, 0.4) is 0 Å². The number of pyridine rings is 1. The van der Waals surface area contributed by atoms with Crippen LogP contribution in [0, 0.1) is 4.77 Å². The van der Waals surface area contributed by atoms with Gasteiger partial charge in [-0.2, -0.15) is 5.10 Å². The van der Waals surface area contributed by atoms with E-state index in [0.29, 0.717) is 10.9 Å². The highest BCUT2D eigenvalue weighted by atomic mass is 32.1. The first-order valence-electron chi connectivity index (χ1n) is 7.03. The lowest BCUT2D eigenvalue weighted by Crippen LogP contribution is -2.21. The maximum Gasteiger partial charge on any atom is 0.195 e. The number of nitrogens with one attached hydrogen (secondary N) is 1. The van der Waals surface area contributed by atoms with E-state index in [-0.39, 0.29) is 0 Å². The normalized spacial score (nSPS) is 19.1. The summed E-state index contributed by atoms with van der Waals surface area (Å²) in [5.74, 6) is 0.798. The summed E-state index contributed by atoms with van der Waals surface area (Å²) in [5.41, 5.74) is 0.837. The number of hydrogen-bond donors (Lipinski definition) is 1. The number of ether oxygens (including phenoxy) is 1. The van der Waals surface area contributed by atoms with Gasteiger partial charge in [-0.3, -0.25) is 14.6 Å². The van der Waals surface area contributed by atoms with E-state index in [9.17, 15) is 0 Å². The van der Waals surface area contributed by atoms with Crippen LogP contribution < -0.4 is 0 Å². The highest BCUT2D eigenvalue weighted by Gasteiger charge is 2.16. The van der Waals surface area contributed by atoms with Gasteiger partial charge in [0.25, 0.3) is 0 Å². The molecule has 106 valence electrons. The fourth-order valence-corrected chi connectivity index (χ4v) is 2.75. The molecule has 2 aromatic rings. The van der Waals surface area contributed by atoms with Crippen molar-refractivity contribution in [3.63, 3.8) is 0 Å². The summed E-state index contributed by atoms with van der Waals surface area (Å²) in [6.07, 6.45) is 6.66. The average Bonchev–Trinajstić information content (AvgIpc) is 2.88. The molecule has 0 aliphatic carbocycles. The molecule has 0 bridgehead atoms. The standard InChI is InChI=1S/C14H18N4OS/c20-14-17-16-13(12-6-1-3-8-15-12)18(14)9-7-11-5-2-4-10-19-11/h1,3,6,8,11H,2,4-5,7,9-10H2,(H,17,20). The molecule has 2 aromatic heterocycles. The van der Waals surface area contributed by atoms with Gasteiger partial charge in [-0.05, 0) is 50.0 Å². The number of aromatic amines is 1. The van der Waals surface area contributed by atoms with Gasteiger partial charge in [-0.15, -0.1) is 0 Å². The van der Waals surface area contributed by atoms with Crippen LogP contribution in [0.2, 0.25) is 0 Å². The quantitative estimate of drug-likeness (QED) is 0.880. The largest absolute Gasteiger partial charge is 0.378 e. The van der Waals surface area contributed by atoms with Crippen molar-refractivity contribution in [2.24, 2.45) is 0 Å². The molecule has 1 aliphatic rings. The molecule has 6 heteroatoms. The van der Waals surface area contributed by atoms with Crippen molar-refractivity contribution in [3.8, 4) is 11.5 Å². The first-order chi connectivity index (χ1) is 9.84. The second-order valence-electron chi connectivity index (χ2n) is 5.00. The minimum atomic E-state index is 0.345. The maximum atomic E-state index is 5.77. The predicted molar refractivity (Wildman–Crippen MR) is 78.9 cm³/mol. The smallest absolute Gasteiger partial charge is 0.195 e. The van der Waals surface area contributed by atoms with Crippen LogP contribution in [0.25, 0.3) is 11.5 Å². The third kappa shape index (κ3) is 2.96. The molecular formula is C14H18N4OS. The van der Waals surface area contributed by atoms with E-state index in [1.165, 1.54) is 12.8 Å². The Hall–Kier alpha value is -1.53. The van der Waals surface area contributed by atoms with Gasteiger partial charge in [0.1, 0.15) is 5.69 Å². The summed E-state index contributed by atoms with van der Waals surface area (Å²) in [7, 11) is 0. The van der Waals surface area contributed by atoms with E-state index >= 15 is 0 Å².